The maximum absolute atomic E-state index is 11.9. The summed E-state index contributed by atoms with van der Waals surface area (Å²) in [6.45, 7) is 0. The van der Waals surface area contributed by atoms with E-state index in [9.17, 15) is 14.9 Å². The van der Waals surface area contributed by atoms with Crippen molar-refractivity contribution in [3.8, 4) is 0 Å². The van der Waals surface area contributed by atoms with Crippen molar-refractivity contribution in [2.24, 2.45) is 0 Å². The number of hydrogen-bond donors (Lipinski definition) is 0. The van der Waals surface area contributed by atoms with E-state index in [1.807, 2.05) is 12.1 Å². The van der Waals surface area contributed by atoms with E-state index in [1.54, 1.807) is 12.1 Å². The highest BCUT2D eigenvalue weighted by atomic mass is 127. The number of carbonyl (C=O) groups is 1. The predicted molar refractivity (Wildman–Crippen MR) is 77.2 cm³/mol. The minimum atomic E-state index is -0.593. The normalized spacial score (nSPS) is 10.4. The number of Topliss-reactive ketones (excluding diaryl/α,β-unsaturated/α-hetero) is 1. The van der Waals surface area contributed by atoms with Gasteiger partial charge < -0.3 is 4.42 Å². The molecule has 2 rings (SSSR count). The Labute approximate surface area is 122 Å². The quantitative estimate of drug-likeness (QED) is 0.348. The summed E-state index contributed by atoms with van der Waals surface area (Å²) < 4.78 is 6.06. The molecule has 0 radical (unpaired) electrons. The van der Waals surface area contributed by atoms with Crippen LogP contribution < -0.4 is 0 Å². The van der Waals surface area contributed by atoms with Gasteiger partial charge in [0.25, 0.3) is 0 Å². The van der Waals surface area contributed by atoms with Gasteiger partial charge in [0, 0.05) is 22.0 Å². The molecule has 98 valence electrons. The second-order valence-electron chi connectivity index (χ2n) is 3.93. The summed E-state index contributed by atoms with van der Waals surface area (Å²) in [4.78, 5) is 21.7. The average molecular weight is 371 g/mol. The number of furan rings is 1. The number of benzene rings is 1. The smallest absolute Gasteiger partial charge is 0.406 e. The Morgan fingerprint density at radius 1 is 1.21 bits per heavy atom. The number of nitrogens with zero attached hydrogens (tertiary/aromatic N) is 1. The van der Waals surface area contributed by atoms with E-state index in [2.05, 4.69) is 22.6 Å². The van der Waals surface area contributed by atoms with Gasteiger partial charge in [-0.15, -0.1) is 0 Å². The lowest BCUT2D eigenvalue weighted by molar-refractivity contribution is -0.402. The van der Waals surface area contributed by atoms with E-state index in [1.165, 1.54) is 12.1 Å². The number of aryl methyl sites for hydroxylation is 1. The van der Waals surface area contributed by atoms with Crippen LogP contribution in [0.25, 0.3) is 0 Å². The van der Waals surface area contributed by atoms with Gasteiger partial charge in [0.1, 0.15) is 10.7 Å². The van der Waals surface area contributed by atoms with Crippen LogP contribution in [0.15, 0.2) is 40.8 Å². The van der Waals surface area contributed by atoms with E-state index in [4.69, 9.17) is 4.42 Å². The third kappa shape index (κ3) is 3.63. The van der Waals surface area contributed by atoms with Crippen LogP contribution in [0.2, 0.25) is 0 Å². The summed E-state index contributed by atoms with van der Waals surface area (Å²) in [6.07, 6.45) is 0.629. The second-order valence-corrected chi connectivity index (χ2v) is 5.17. The predicted octanol–water partition coefficient (Wildman–Crippen LogP) is 3.61. The summed E-state index contributed by atoms with van der Waals surface area (Å²) in [6, 6.07) is 10.1. The molecular formula is C13H10INO4. The third-order valence-electron chi connectivity index (χ3n) is 2.59. The summed E-state index contributed by atoms with van der Waals surface area (Å²) in [7, 11) is 0. The van der Waals surface area contributed by atoms with Gasteiger partial charge >= 0.3 is 5.88 Å². The molecule has 0 amide bonds. The Hall–Kier alpha value is -1.70. The molecule has 1 aromatic carbocycles. The molecule has 19 heavy (non-hydrogen) atoms. The molecule has 2 aromatic rings. The van der Waals surface area contributed by atoms with Crippen molar-refractivity contribution >= 4 is 34.3 Å². The molecule has 0 bridgehead atoms. The average Bonchev–Trinajstić information content (AvgIpc) is 2.86. The van der Waals surface area contributed by atoms with Crippen molar-refractivity contribution in [1.29, 1.82) is 0 Å². The topological polar surface area (TPSA) is 73.3 Å². The first-order valence-corrected chi connectivity index (χ1v) is 6.66. The van der Waals surface area contributed by atoms with Crippen molar-refractivity contribution in [1.82, 2.24) is 0 Å². The maximum Gasteiger partial charge on any atom is 0.433 e. The first kappa shape index (κ1) is 13.7. The summed E-state index contributed by atoms with van der Waals surface area (Å²) >= 11 is 2.17. The van der Waals surface area contributed by atoms with E-state index >= 15 is 0 Å². The zero-order chi connectivity index (χ0) is 13.8. The van der Waals surface area contributed by atoms with E-state index in [0.29, 0.717) is 17.7 Å². The Kier molecular flexibility index (Phi) is 4.31. The maximum atomic E-state index is 11.9. The highest BCUT2D eigenvalue weighted by Gasteiger charge is 2.13. The minimum Gasteiger partial charge on any atom is -0.406 e. The molecule has 0 aliphatic carbocycles. The molecule has 1 aromatic heterocycles. The van der Waals surface area contributed by atoms with Gasteiger partial charge in [-0.2, -0.15) is 0 Å². The van der Waals surface area contributed by atoms with Crippen LogP contribution in [0.4, 0.5) is 5.88 Å². The largest absolute Gasteiger partial charge is 0.433 e. The van der Waals surface area contributed by atoms with Crippen LogP contribution in [0.5, 0.6) is 0 Å². The molecule has 0 spiro atoms. The van der Waals surface area contributed by atoms with Crippen LogP contribution >= 0.6 is 22.6 Å². The van der Waals surface area contributed by atoms with Gasteiger partial charge in [-0.25, -0.2) is 0 Å². The highest BCUT2D eigenvalue weighted by Crippen LogP contribution is 2.18. The molecule has 0 aliphatic heterocycles. The SMILES string of the molecule is O=C(CCc1ccc([N+](=O)[O-])o1)c1ccc(I)cc1. The Bertz CT molecular complexity index is 603. The van der Waals surface area contributed by atoms with E-state index in [-0.39, 0.29) is 18.1 Å². The Morgan fingerprint density at radius 2 is 1.89 bits per heavy atom. The first-order valence-electron chi connectivity index (χ1n) is 5.58. The molecule has 0 atom stereocenters. The lowest BCUT2D eigenvalue weighted by Gasteiger charge is -1.99. The van der Waals surface area contributed by atoms with Crippen molar-refractivity contribution in [3.05, 3.63) is 61.4 Å². The molecular weight excluding hydrogens is 361 g/mol. The zero-order valence-electron chi connectivity index (χ0n) is 9.84. The van der Waals surface area contributed by atoms with Crippen LogP contribution in [0.3, 0.4) is 0 Å². The van der Waals surface area contributed by atoms with E-state index in [0.717, 1.165) is 3.57 Å². The Balaban J connectivity index is 1.96. The summed E-state index contributed by atoms with van der Waals surface area (Å²) in [5, 5.41) is 10.4. The number of rotatable bonds is 5. The molecule has 0 fully saturated rings. The molecule has 0 unspecified atom stereocenters. The van der Waals surface area contributed by atoms with Gasteiger partial charge in [-0.05, 0) is 40.8 Å². The highest BCUT2D eigenvalue weighted by molar-refractivity contribution is 14.1. The Morgan fingerprint density at radius 3 is 2.47 bits per heavy atom. The second kappa shape index (κ2) is 5.96. The monoisotopic (exact) mass is 371 g/mol. The van der Waals surface area contributed by atoms with E-state index < -0.39 is 4.92 Å². The summed E-state index contributed by atoms with van der Waals surface area (Å²) in [5.41, 5.74) is 0.640. The number of nitro groups is 1. The molecule has 0 saturated carbocycles. The van der Waals surface area contributed by atoms with Crippen LogP contribution in [0.1, 0.15) is 22.5 Å². The number of ketones is 1. The van der Waals surface area contributed by atoms with Crippen molar-refractivity contribution in [2.75, 3.05) is 0 Å². The van der Waals surface area contributed by atoms with Crippen molar-refractivity contribution in [2.45, 2.75) is 12.8 Å². The van der Waals surface area contributed by atoms with Crippen LogP contribution in [-0.4, -0.2) is 10.7 Å². The first-order chi connectivity index (χ1) is 9.06. The fourth-order valence-corrected chi connectivity index (χ4v) is 1.98. The van der Waals surface area contributed by atoms with Crippen LogP contribution in [-0.2, 0) is 6.42 Å². The van der Waals surface area contributed by atoms with Gasteiger partial charge in [-0.1, -0.05) is 12.1 Å². The molecule has 5 nitrogen and oxygen atoms in total. The van der Waals surface area contributed by atoms with Gasteiger partial charge in [0.2, 0.25) is 0 Å². The minimum absolute atomic E-state index is 0.00421. The zero-order valence-corrected chi connectivity index (χ0v) is 12.0. The summed E-state index contributed by atoms with van der Waals surface area (Å²) in [5.74, 6) is 0.151. The molecule has 0 saturated heterocycles. The standard InChI is InChI=1S/C13H10INO4/c14-10-3-1-9(2-4-10)12(16)7-5-11-6-8-13(19-11)15(17)18/h1-4,6,8H,5,7H2. The fraction of sp³-hybridized carbons (Fsp3) is 0.154. The lowest BCUT2D eigenvalue weighted by Crippen LogP contribution is -2.00. The molecule has 0 N–H and O–H groups in total. The van der Waals surface area contributed by atoms with Gasteiger partial charge in [-0.3, -0.25) is 14.9 Å². The number of carbonyl (C=O) groups excluding carboxylic acids is 1. The molecule has 1 heterocycles. The number of halogens is 1. The molecule has 0 aliphatic rings. The fourth-order valence-electron chi connectivity index (χ4n) is 1.62. The third-order valence-corrected chi connectivity index (χ3v) is 3.31. The number of hydrogen-bond acceptors (Lipinski definition) is 4. The van der Waals surface area contributed by atoms with Gasteiger partial charge in [0.05, 0.1) is 6.07 Å². The van der Waals surface area contributed by atoms with Crippen LogP contribution in [0, 0.1) is 13.7 Å². The van der Waals surface area contributed by atoms with Gasteiger partial charge in [0.15, 0.2) is 5.78 Å². The lowest BCUT2D eigenvalue weighted by atomic mass is 10.1. The van der Waals surface area contributed by atoms with Crippen molar-refractivity contribution < 1.29 is 14.1 Å². The van der Waals surface area contributed by atoms with Crippen molar-refractivity contribution in [3.63, 3.8) is 0 Å². The molecule has 6 heteroatoms.